The van der Waals surface area contributed by atoms with E-state index in [0.29, 0.717) is 6.42 Å². The number of rotatable bonds is 6. The Bertz CT molecular complexity index is 391. The number of allylic oxidation sites excluding steroid dienone is 2. The summed E-state index contributed by atoms with van der Waals surface area (Å²) in [6, 6.07) is 0.0246. The van der Waals surface area contributed by atoms with Crippen LogP contribution in [0.5, 0.6) is 0 Å². The predicted octanol–water partition coefficient (Wildman–Crippen LogP) is 0.527. The van der Waals surface area contributed by atoms with E-state index in [1.54, 1.807) is 0 Å². The average molecular weight is 282 g/mol. The van der Waals surface area contributed by atoms with Crippen LogP contribution in [0.25, 0.3) is 0 Å². The summed E-state index contributed by atoms with van der Waals surface area (Å²) >= 11 is 0. The third-order valence-electron chi connectivity index (χ3n) is 2.84. The highest BCUT2D eigenvalue weighted by atomic mass is 16.5. The zero-order chi connectivity index (χ0) is 15.0. The van der Waals surface area contributed by atoms with E-state index < -0.39 is 5.91 Å². The van der Waals surface area contributed by atoms with Crippen molar-refractivity contribution in [2.45, 2.75) is 39.2 Å². The third kappa shape index (κ3) is 6.36. The number of esters is 1. The highest BCUT2D eigenvalue weighted by Crippen LogP contribution is 2.19. The monoisotopic (exact) mass is 282 g/mol. The van der Waals surface area contributed by atoms with E-state index in [0.717, 1.165) is 12.8 Å². The molecule has 6 nitrogen and oxygen atoms in total. The van der Waals surface area contributed by atoms with Gasteiger partial charge < -0.3 is 15.4 Å². The molecule has 0 aliphatic heterocycles. The molecule has 1 rings (SSSR count). The normalized spacial score (nSPS) is 17.6. The van der Waals surface area contributed by atoms with Gasteiger partial charge in [-0.1, -0.05) is 12.2 Å². The van der Waals surface area contributed by atoms with Gasteiger partial charge in [-0.15, -0.1) is 0 Å². The second-order valence-corrected chi connectivity index (χ2v) is 5.09. The summed E-state index contributed by atoms with van der Waals surface area (Å²) in [4.78, 5) is 34.4. The minimum absolute atomic E-state index is 0.0246. The van der Waals surface area contributed by atoms with Crippen LogP contribution in [0.15, 0.2) is 12.2 Å². The van der Waals surface area contributed by atoms with Crippen molar-refractivity contribution in [3.05, 3.63) is 12.2 Å². The lowest BCUT2D eigenvalue weighted by atomic mass is 9.95. The summed E-state index contributed by atoms with van der Waals surface area (Å²) in [5.41, 5.74) is 0. The molecule has 20 heavy (non-hydrogen) atoms. The molecule has 0 aromatic heterocycles. The summed E-state index contributed by atoms with van der Waals surface area (Å²) in [5.74, 6) is -1.24. The van der Waals surface area contributed by atoms with Gasteiger partial charge in [0.2, 0.25) is 5.91 Å². The number of hydrogen-bond acceptors (Lipinski definition) is 4. The number of nitrogens with one attached hydrogen (secondary N) is 2. The van der Waals surface area contributed by atoms with Crippen LogP contribution < -0.4 is 10.6 Å². The molecule has 1 atom stereocenters. The van der Waals surface area contributed by atoms with Gasteiger partial charge in [0.25, 0.3) is 5.91 Å². The molecule has 0 fully saturated rings. The van der Waals surface area contributed by atoms with Crippen molar-refractivity contribution in [3.63, 3.8) is 0 Å². The van der Waals surface area contributed by atoms with Crippen molar-refractivity contribution in [1.82, 2.24) is 10.6 Å². The van der Waals surface area contributed by atoms with Gasteiger partial charge in [-0.05, 0) is 33.1 Å². The Labute approximate surface area is 118 Å². The van der Waals surface area contributed by atoms with Crippen LogP contribution in [-0.2, 0) is 19.1 Å². The van der Waals surface area contributed by atoms with Crippen molar-refractivity contribution >= 4 is 17.8 Å². The molecule has 0 heterocycles. The zero-order valence-corrected chi connectivity index (χ0v) is 12.0. The number of carbonyl (C=O) groups excluding carboxylic acids is 3. The number of amides is 2. The molecule has 112 valence electrons. The van der Waals surface area contributed by atoms with E-state index in [1.165, 1.54) is 0 Å². The highest BCUT2D eigenvalue weighted by molar-refractivity contribution is 5.86. The zero-order valence-electron chi connectivity index (χ0n) is 12.0. The number of hydrogen-bond donors (Lipinski definition) is 2. The van der Waals surface area contributed by atoms with Gasteiger partial charge in [0.15, 0.2) is 6.61 Å². The van der Waals surface area contributed by atoms with Crippen LogP contribution in [-0.4, -0.2) is 37.0 Å². The van der Waals surface area contributed by atoms with Crippen molar-refractivity contribution in [1.29, 1.82) is 0 Å². The van der Waals surface area contributed by atoms with Gasteiger partial charge in [-0.2, -0.15) is 0 Å². The van der Waals surface area contributed by atoms with Gasteiger partial charge in [0, 0.05) is 6.04 Å². The predicted molar refractivity (Wildman–Crippen MR) is 73.7 cm³/mol. The molecule has 0 aromatic carbocycles. The Morgan fingerprint density at radius 1 is 1.25 bits per heavy atom. The van der Waals surface area contributed by atoms with Crippen molar-refractivity contribution in [3.8, 4) is 0 Å². The van der Waals surface area contributed by atoms with Crippen LogP contribution >= 0.6 is 0 Å². The van der Waals surface area contributed by atoms with E-state index in [2.05, 4.69) is 10.6 Å². The fourth-order valence-corrected chi connectivity index (χ4v) is 1.87. The quantitative estimate of drug-likeness (QED) is 0.549. The molecule has 0 bridgehead atoms. The van der Waals surface area contributed by atoms with E-state index in [-0.39, 0.29) is 37.0 Å². The van der Waals surface area contributed by atoms with Crippen LogP contribution in [0.2, 0.25) is 0 Å². The van der Waals surface area contributed by atoms with Crippen LogP contribution in [0.3, 0.4) is 0 Å². The summed E-state index contributed by atoms with van der Waals surface area (Å²) in [5, 5.41) is 5.05. The maximum Gasteiger partial charge on any atom is 0.309 e. The fourth-order valence-electron chi connectivity index (χ4n) is 1.87. The van der Waals surface area contributed by atoms with Gasteiger partial charge in [-0.25, -0.2) is 0 Å². The summed E-state index contributed by atoms with van der Waals surface area (Å²) < 4.78 is 4.94. The smallest absolute Gasteiger partial charge is 0.309 e. The minimum Gasteiger partial charge on any atom is -0.455 e. The fraction of sp³-hybridized carbons (Fsp3) is 0.643. The molecule has 0 saturated carbocycles. The van der Waals surface area contributed by atoms with E-state index in [1.807, 2.05) is 26.0 Å². The van der Waals surface area contributed by atoms with Crippen LogP contribution in [0.1, 0.15) is 33.1 Å². The molecular weight excluding hydrogens is 260 g/mol. The maximum atomic E-state index is 11.7. The first-order chi connectivity index (χ1) is 9.49. The molecule has 0 radical (unpaired) electrons. The second kappa shape index (κ2) is 8.35. The summed E-state index contributed by atoms with van der Waals surface area (Å²) in [6.07, 6.45) is 6.27. The Morgan fingerprint density at radius 3 is 2.60 bits per heavy atom. The summed E-state index contributed by atoms with van der Waals surface area (Å²) in [7, 11) is 0. The van der Waals surface area contributed by atoms with Crippen molar-refractivity contribution in [2.24, 2.45) is 5.92 Å². The molecule has 0 saturated heterocycles. The van der Waals surface area contributed by atoms with E-state index in [4.69, 9.17) is 4.74 Å². The van der Waals surface area contributed by atoms with E-state index >= 15 is 0 Å². The third-order valence-corrected chi connectivity index (χ3v) is 2.84. The molecule has 1 aliphatic carbocycles. The standard InChI is InChI=1S/C14H22N2O4/c1-10(2)16-12(17)8-15-13(18)9-20-14(19)11-6-4-3-5-7-11/h3-4,10-11H,5-9H2,1-2H3,(H,15,18)(H,16,17)/t11-/m0/s1. The molecule has 1 aliphatic rings. The van der Waals surface area contributed by atoms with Gasteiger partial charge >= 0.3 is 5.97 Å². The lowest BCUT2D eigenvalue weighted by Crippen LogP contribution is -2.41. The molecule has 2 N–H and O–H groups in total. The van der Waals surface area contributed by atoms with Gasteiger partial charge in [0.1, 0.15) is 0 Å². The van der Waals surface area contributed by atoms with Crippen molar-refractivity contribution in [2.75, 3.05) is 13.2 Å². The number of ether oxygens (including phenoxy) is 1. The minimum atomic E-state index is -0.469. The Hall–Kier alpha value is -1.85. The maximum absolute atomic E-state index is 11.7. The molecule has 2 amide bonds. The van der Waals surface area contributed by atoms with E-state index in [9.17, 15) is 14.4 Å². The highest BCUT2D eigenvalue weighted by Gasteiger charge is 2.21. The lowest BCUT2D eigenvalue weighted by Gasteiger charge is -2.16. The molecule has 0 spiro atoms. The number of carbonyl (C=O) groups is 3. The Balaban J connectivity index is 2.17. The topological polar surface area (TPSA) is 84.5 Å². The second-order valence-electron chi connectivity index (χ2n) is 5.09. The lowest BCUT2D eigenvalue weighted by molar-refractivity contribution is -0.152. The summed E-state index contributed by atoms with van der Waals surface area (Å²) in [6.45, 7) is 3.22. The van der Waals surface area contributed by atoms with Crippen LogP contribution in [0, 0.1) is 5.92 Å². The Morgan fingerprint density at radius 2 is 2.00 bits per heavy atom. The SMILES string of the molecule is CC(C)NC(=O)CNC(=O)COC(=O)[C@H]1CC=CCC1. The molecule has 0 unspecified atom stereocenters. The Kier molecular flexibility index (Phi) is 6.76. The average Bonchev–Trinajstić information content (AvgIpc) is 2.42. The molecular formula is C14H22N2O4. The molecule has 6 heteroatoms. The largest absolute Gasteiger partial charge is 0.455 e. The first kappa shape index (κ1) is 16.2. The van der Waals surface area contributed by atoms with Gasteiger partial charge in [0.05, 0.1) is 12.5 Å². The van der Waals surface area contributed by atoms with Crippen molar-refractivity contribution < 1.29 is 19.1 Å². The first-order valence-corrected chi connectivity index (χ1v) is 6.86. The van der Waals surface area contributed by atoms with Crippen LogP contribution in [0.4, 0.5) is 0 Å². The van der Waals surface area contributed by atoms with Gasteiger partial charge in [-0.3, -0.25) is 14.4 Å². The first-order valence-electron chi connectivity index (χ1n) is 6.86. The molecule has 0 aromatic rings.